The monoisotopic (exact) mass is 397 g/mol. The Balaban J connectivity index is 1.92. The zero-order valence-electron chi connectivity index (χ0n) is 16.4. The van der Waals surface area contributed by atoms with Crippen LogP contribution in [0.25, 0.3) is 0 Å². The molecule has 2 aromatic rings. The molecule has 0 saturated heterocycles. The van der Waals surface area contributed by atoms with Gasteiger partial charge in [0.05, 0.1) is 18.2 Å². The van der Waals surface area contributed by atoms with E-state index in [-0.39, 0.29) is 19.0 Å². The number of urea groups is 1. The van der Waals surface area contributed by atoms with Gasteiger partial charge in [-0.2, -0.15) is 0 Å². The van der Waals surface area contributed by atoms with Crippen LogP contribution in [-0.2, 0) is 16.1 Å². The van der Waals surface area contributed by atoms with Gasteiger partial charge in [0.15, 0.2) is 0 Å². The number of amides is 2. The Kier molecular flexibility index (Phi) is 6.61. The molecule has 2 N–H and O–H groups in total. The van der Waals surface area contributed by atoms with Crippen LogP contribution in [0.2, 0.25) is 0 Å². The van der Waals surface area contributed by atoms with Gasteiger partial charge in [-0.15, -0.1) is 0 Å². The molecular weight excluding hydrogens is 373 g/mol. The second kappa shape index (κ2) is 9.34. The molecule has 1 heterocycles. The van der Waals surface area contributed by atoms with E-state index in [1.807, 2.05) is 35.2 Å². The van der Waals surface area contributed by atoms with Crippen molar-refractivity contribution in [1.29, 1.82) is 0 Å². The third-order valence-electron chi connectivity index (χ3n) is 4.61. The van der Waals surface area contributed by atoms with Crippen molar-refractivity contribution in [3.05, 3.63) is 82.8 Å². The van der Waals surface area contributed by atoms with Gasteiger partial charge in [-0.1, -0.05) is 48.5 Å². The normalized spacial score (nSPS) is 16.4. The van der Waals surface area contributed by atoms with Gasteiger partial charge >= 0.3 is 12.0 Å². The van der Waals surface area contributed by atoms with Crippen LogP contribution in [0.3, 0.4) is 0 Å². The minimum absolute atomic E-state index is 0.218. The molecule has 0 radical (unpaired) electrons. The predicted molar refractivity (Wildman–Crippen MR) is 107 cm³/mol. The van der Waals surface area contributed by atoms with Crippen LogP contribution in [0, 0.1) is 5.82 Å². The fourth-order valence-electron chi connectivity index (χ4n) is 3.33. The molecule has 0 saturated carbocycles. The summed E-state index contributed by atoms with van der Waals surface area (Å²) in [5, 5.41) is 5.53. The van der Waals surface area contributed by atoms with Gasteiger partial charge in [0.25, 0.3) is 0 Å². The molecule has 152 valence electrons. The molecule has 29 heavy (non-hydrogen) atoms. The van der Waals surface area contributed by atoms with E-state index in [4.69, 9.17) is 4.74 Å². The number of esters is 1. The van der Waals surface area contributed by atoms with E-state index >= 15 is 0 Å². The largest absolute Gasteiger partial charge is 0.463 e. The molecule has 0 unspecified atom stereocenters. The molecule has 3 rings (SSSR count). The van der Waals surface area contributed by atoms with Gasteiger partial charge in [0.1, 0.15) is 5.82 Å². The SMILES string of the molecule is CCOC(=O)C1=C(CN(C)Cc2ccccc2F)NC(=O)N[C@H]1c1ccccc1. The molecule has 0 fully saturated rings. The summed E-state index contributed by atoms with van der Waals surface area (Å²) in [6, 6.07) is 14.7. The van der Waals surface area contributed by atoms with E-state index < -0.39 is 18.0 Å². The number of carbonyl (C=O) groups is 2. The lowest BCUT2D eigenvalue weighted by molar-refractivity contribution is -0.139. The zero-order chi connectivity index (χ0) is 20.8. The Labute approximate surface area is 169 Å². The van der Waals surface area contributed by atoms with E-state index in [1.165, 1.54) is 6.07 Å². The van der Waals surface area contributed by atoms with Gasteiger partial charge < -0.3 is 15.4 Å². The number of likely N-dealkylation sites (N-methyl/N-ethyl adjacent to an activating group) is 1. The molecule has 0 aliphatic carbocycles. The molecule has 1 aliphatic rings. The number of hydrogen-bond acceptors (Lipinski definition) is 4. The minimum atomic E-state index is -0.624. The third-order valence-corrected chi connectivity index (χ3v) is 4.61. The van der Waals surface area contributed by atoms with E-state index in [9.17, 15) is 14.0 Å². The topological polar surface area (TPSA) is 70.7 Å². The molecule has 0 bridgehead atoms. The zero-order valence-corrected chi connectivity index (χ0v) is 16.4. The highest BCUT2D eigenvalue weighted by atomic mass is 19.1. The molecule has 2 aromatic carbocycles. The highest BCUT2D eigenvalue weighted by molar-refractivity contribution is 5.95. The standard InChI is InChI=1S/C22H24FN3O3/c1-3-29-21(27)19-18(14-26(2)13-16-11-7-8-12-17(16)23)24-22(28)25-20(19)15-9-5-4-6-10-15/h4-12,20H,3,13-14H2,1-2H3,(H2,24,25,28)/t20-/m0/s1. The lowest BCUT2D eigenvalue weighted by Crippen LogP contribution is -2.48. The Morgan fingerprint density at radius 2 is 1.79 bits per heavy atom. The van der Waals surface area contributed by atoms with Crippen molar-refractivity contribution in [2.24, 2.45) is 0 Å². The number of nitrogens with one attached hydrogen (secondary N) is 2. The lowest BCUT2D eigenvalue weighted by atomic mass is 9.95. The summed E-state index contributed by atoms with van der Waals surface area (Å²) in [4.78, 5) is 26.9. The summed E-state index contributed by atoms with van der Waals surface area (Å²) in [7, 11) is 1.80. The number of benzene rings is 2. The van der Waals surface area contributed by atoms with Crippen LogP contribution in [-0.4, -0.2) is 37.1 Å². The van der Waals surface area contributed by atoms with Crippen molar-refractivity contribution >= 4 is 12.0 Å². The van der Waals surface area contributed by atoms with Crippen molar-refractivity contribution in [2.45, 2.75) is 19.5 Å². The first-order chi connectivity index (χ1) is 14.0. The van der Waals surface area contributed by atoms with Gasteiger partial charge in [0, 0.05) is 24.4 Å². The van der Waals surface area contributed by atoms with Gasteiger partial charge in [-0.05, 0) is 25.6 Å². The number of halogens is 1. The van der Waals surface area contributed by atoms with E-state index in [0.717, 1.165) is 5.56 Å². The molecule has 0 spiro atoms. The maximum atomic E-state index is 14.0. The number of carbonyl (C=O) groups excluding carboxylic acids is 2. The Bertz CT molecular complexity index is 915. The molecule has 1 atom stereocenters. The second-order valence-electron chi connectivity index (χ2n) is 6.82. The fraction of sp³-hybridized carbons (Fsp3) is 0.273. The summed E-state index contributed by atoms with van der Waals surface area (Å²) in [5.41, 5.74) is 2.10. The van der Waals surface area contributed by atoms with Crippen LogP contribution >= 0.6 is 0 Å². The highest BCUT2D eigenvalue weighted by Gasteiger charge is 2.33. The van der Waals surface area contributed by atoms with E-state index in [0.29, 0.717) is 23.4 Å². The molecule has 6 nitrogen and oxygen atoms in total. The Morgan fingerprint density at radius 1 is 1.10 bits per heavy atom. The first-order valence-corrected chi connectivity index (χ1v) is 9.44. The number of nitrogens with zero attached hydrogens (tertiary/aromatic N) is 1. The van der Waals surface area contributed by atoms with Crippen molar-refractivity contribution in [2.75, 3.05) is 20.2 Å². The Hall–Kier alpha value is -3.19. The average molecular weight is 397 g/mol. The summed E-state index contributed by atoms with van der Waals surface area (Å²) >= 11 is 0. The van der Waals surface area contributed by atoms with Gasteiger partial charge in [-0.3, -0.25) is 4.90 Å². The lowest BCUT2D eigenvalue weighted by Gasteiger charge is -2.31. The summed E-state index contributed by atoms with van der Waals surface area (Å²) in [5.74, 6) is -0.793. The molecule has 2 amide bonds. The fourth-order valence-corrected chi connectivity index (χ4v) is 3.33. The van der Waals surface area contributed by atoms with Crippen LogP contribution < -0.4 is 10.6 Å². The van der Waals surface area contributed by atoms with Crippen LogP contribution in [0.1, 0.15) is 24.1 Å². The average Bonchev–Trinajstić information content (AvgIpc) is 2.70. The number of ether oxygens (including phenoxy) is 1. The van der Waals surface area contributed by atoms with Gasteiger partial charge in [-0.25, -0.2) is 14.0 Å². The summed E-state index contributed by atoms with van der Waals surface area (Å²) < 4.78 is 19.2. The molecule has 0 aromatic heterocycles. The van der Waals surface area contributed by atoms with Gasteiger partial charge in [0.2, 0.25) is 0 Å². The first-order valence-electron chi connectivity index (χ1n) is 9.44. The summed E-state index contributed by atoms with van der Waals surface area (Å²) in [6.45, 7) is 2.52. The van der Waals surface area contributed by atoms with Crippen LogP contribution in [0.4, 0.5) is 9.18 Å². The van der Waals surface area contributed by atoms with E-state index in [1.54, 1.807) is 32.2 Å². The highest BCUT2D eigenvalue weighted by Crippen LogP contribution is 2.28. The predicted octanol–water partition coefficient (Wildman–Crippen LogP) is 3.13. The quantitative estimate of drug-likeness (QED) is 0.705. The van der Waals surface area contributed by atoms with Crippen molar-refractivity contribution < 1.29 is 18.7 Å². The van der Waals surface area contributed by atoms with Crippen LogP contribution in [0.5, 0.6) is 0 Å². The number of rotatable bonds is 7. The summed E-state index contributed by atoms with van der Waals surface area (Å²) in [6.07, 6.45) is 0. The van der Waals surface area contributed by atoms with Crippen LogP contribution in [0.15, 0.2) is 65.9 Å². The first kappa shape index (κ1) is 20.5. The van der Waals surface area contributed by atoms with Crippen molar-refractivity contribution in [3.63, 3.8) is 0 Å². The molecular formula is C22H24FN3O3. The maximum Gasteiger partial charge on any atom is 0.338 e. The molecule has 1 aliphatic heterocycles. The van der Waals surface area contributed by atoms with E-state index in [2.05, 4.69) is 10.6 Å². The van der Waals surface area contributed by atoms with Crippen molar-refractivity contribution in [1.82, 2.24) is 15.5 Å². The maximum absolute atomic E-state index is 14.0. The minimum Gasteiger partial charge on any atom is -0.463 e. The Morgan fingerprint density at radius 3 is 2.48 bits per heavy atom. The second-order valence-corrected chi connectivity index (χ2v) is 6.82. The number of hydrogen-bond donors (Lipinski definition) is 2. The third kappa shape index (κ3) is 5.00. The smallest absolute Gasteiger partial charge is 0.338 e. The molecule has 7 heteroatoms. The van der Waals surface area contributed by atoms with Crippen molar-refractivity contribution in [3.8, 4) is 0 Å².